The predicted octanol–water partition coefficient (Wildman–Crippen LogP) is 1.48. The molecule has 1 aromatic carbocycles. The van der Waals surface area contributed by atoms with E-state index in [4.69, 9.17) is 17.3 Å². The van der Waals surface area contributed by atoms with Crippen molar-refractivity contribution in [2.75, 3.05) is 13.1 Å². The lowest BCUT2D eigenvalue weighted by Gasteiger charge is -2.29. The molecule has 0 spiro atoms. The molecular weight excluding hydrogens is 352 g/mol. The first kappa shape index (κ1) is 17.1. The molecule has 1 aliphatic heterocycles. The number of aromatic nitrogens is 6. The van der Waals surface area contributed by atoms with E-state index in [0.717, 1.165) is 49.4 Å². The Balaban J connectivity index is 1.49. The topological polar surface area (TPSA) is 90.7 Å². The van der Waals surface area contributed by atoms with Gasteiger partial charge in [0.1, 0.15) is 12.7 Å². The largest absolute Gasteiger partial charge is 0.327 e. The molecule has 9 heteroatoms. The fourth-order valence-electron chi connectivity index (χ4n) is 3.34. The molecular formula is C17H21ClN8. The summed E-state index contributed by atoms with van der Waals surface area (Å²) in [7, 11) is 0. The number of likely N-dealkylation sites (tertiary alicyclic amines) is 1. The molecule has 3 heterocycles. The van der Waals surface area contributed by atoms with Crippen LogP contribution in [0, 0.1) is 0 Å². The Labute approximate surface area is 156 Å². The molecule has 0 radical (unpaired) electrons. The summed E-state index contributed by atoms with van der Waals surface area (Å²) in [5, 5.41) is 13.4. The first-order valence-corrected chi connectivity index (χ1v) is 9.05. The quantitative estimate of drug-likeness (QED) is 0.729. The molecule has 0 bridgehead atoms. The van der Waals surface area contributed by atoms with Crippen LogP contribution in [-0.4, -0.2) is 53.8 Å². The van der Waals surface area contributed by atoms with E-state index in [2.05, 4.69) is 25.3 Å². The molecule has 1 aliphatic rings. The van der Waals surface area contributed by atoms with Gasteiger partial charge in [0.15, 0.2) is 0 Å². The highest BCUT2D eigenvalue weighted by Gasteiger charge is 2.18. The molecule has 1 fully saturated rings. The lowest BCUT2D eigenvalue weighted by molar-refractivity contribution is 0.199. The summed E-state index contributed by atoms with van der Waals surface area (Å²) in [6, 6.07) is 5.98. The Morgan fingerprint density at radius 3 is 3.00 bits per heavy atom. The van der Waals surface area contributed by atoms with Gasteiger partial charge in [0.25, 0.3) is 0 Å². The van der Waals surface area contributed by atoms with Crippen LogP contribution in [0.25, 0.3) is 5.69 Å². The lowest BCUT2D eigenvalue weighted by Crippen LogP contribution is -2.42. The first-order chi connectivity index (χ1) is 12.7. The van der Waals surface area contributed by atoms with Gasteiger partial charge in [0.2, 0.25) is 0 Å². The van der Waals surface area contributed by atoms with Gasteiger partial charge < -0.3 is 5.73 Å². The zero-order chi connectivity index (χ0) is 17.9. The molecule has 0 aliphatic carbocycles. The van der Waals surface area contributed by atoms with Crippen LogP contribution in [0.4, 0.5) is 0 Å². The van der Waals surface area contributed by atoms with Gasteiger partial charge in [-0.25, -0.2) is 14.3 Å². The van der Waals surface area contributed by atoms with E-state index < -0.39 is 0 Å². The maximum Gasteiger partial charge on any atom is 0.138 e. The SMILES string of the molecule is NC1CCCN(Cc2cn(Cc3ccc(Cl)cc3-n3cncn3)nn2)C1. The second-order valence-corrected chi connectivity index (χ2v) is 7.09. The minimum atomic E-state index is 0.262. The summed E-state index contributed by atoms with van der Waals surface area (Å²) in [6.07, 6.45) is 7.38. The van der Waals surface area contributed by atoms with Gasteiger partial charge in [-0.1, -0.05) is 22.9 Å². The van der Waals surface area contributed by atoms with E-state index in [-0.39, 0.29) is 6.04 Å². The van der Waals surface area contributed by atoms with E-state index in [1.807, 2.05) is 29.1 Å². The average molecular weight is 373 g/mol. The van der Waals surface area contributed by atoms with Gasteiger partial charge in [0, 0.05) is 24.2 Å². The van der Waals surface area contributed by atoms with Gasteiger partial charge in [-0.3, -0.25) is 4.90 Å². The number of nitrogens with zero attached hydrogens (tertiary/aromatic N) is 7. The standard InChI is InChI=1S/C17H21ClN8/c18-14-4-3-13(17(6-14)26-12-20-11-21-26)7-25-10-16(22-23-25)9-24-5-1-2-15(19)8-24/h3-4,6,10-12,15H,1-2,5,7-9,19H2. The number of hydrogen-bond donors (Lipinski definition) is 1. The fraction of sp³-hybridized carbons (Fsp3) is 0.412. The van der Waals surface area contributed by atoms with Crippen LogP contribution in [-0.2, 0) is 13.1 Å². The predicted molar refractivity (Wildman–Crippen MR) is 98.0 cm³/mol. The van der Waals surface area contributed by atoms with Gasteiger partial charge in [-0.05, 0) is 37.1 Å². The van der Waals surface area contributed by atoms with Gasteiger partial charge in [0.05, 0.1) is 24.1 Å². The summed E-state index contributed by atoms with van der Waals surface area (Å²) >= 11 is 6.15. The molecule has 3 aromatic rings. The van der Waals surface area contributed by atoms with Crippen molar-refractivity contribution in [3.8, 4) is 5.69 Å². The summed E-state index contributed by atoms with van der Waals surface area (Å²) in [4.78, 5) is 6.35. The van der Waals surface area contributed by atoms with Gasteiger partial charge >= 0.3 is 0 Å². The molecule has 136 valence electrons. The highest BCUT2D eigenvalue weighted by molar-refractivity contribution is 6.30. The molecule has 0 saturated carbocycles. The van der Waals surface area contributed by atoms with E-state index in [0.29, 0.717) is 11.6 Å². The minimum absolute atomic E-state index is 0.262. The van der Waals surface area contributed by atoms with Crippen LogP contribution >= 0.6 is 11.6 Å². The van der Waals surface area contributed by atoms with E-state index in [9.17, 15) is 0 Å². The number of halogens is 1. The summed E-state index contributed by atoms with van der Waals surface area (Å²) < 4.78 is 3.54. The van der Waals surface area contributed by atoms with Crippen LogP contribution in [0.1, 0.15) is 24.1 Å². The molecule has 8 nitrogen and oxygen atoms in total. The summed E-state index contributed by atoms with van der Waals surface area (Å²) in [6.45, 7) is 3.35. The van der Waals surface area contributed by atoms with Crippen molar-refractivity contribution in [1.29, 1.82) is 0 Å². The molecule has 2 aromatic heterocycles. The Morgan fingerprint density at radius 1 is 1.27 bits per heavy atom. The molecule has 1 saturated heterocycles. The lowest BCUT2D eigenvalue weighted by atomic mass is 10.1. The van der Waals surface area contributed by atoms with Crippen molar-refractivity contribution in [2.24, 2.45) is 5.73 Å². The maximum absolute atomic E-state index is 6.15. The van der Waals surface area contributed by atoms with Gasteiger partial charge in [-0.15, -0.1) is 5.10 Å². The van der Waals surface area contributed by atoms with Crippen LogP contribution in [0.3, 0.4) is 0 Å². The zero-order valence-electron chi connectivity index (χ0n) is 14.4. The Morgan fingerprint density at radius 2 is 2.19 bits per heavy atom. The van der Waals surface area contributed by atoms with E-state index in [1.54, 1.807) is 11.0 Å². The number of piperidine rings is 1. The molecule has 1 unspecified atom stereocenters. The van der Waals surface area contributed by atoms with Crippen LogP contribution in [0.2, 0.25) is 5.02 Å². The number of nitrogens with two attached hydrogens (primary N) is 1. The third-order valence-corrected chi connectivity index (χ3v) is 4.79. The molecule has 2 N–H and O–H groups in total. The van der Waals surface area contributed by atoms with Crippen LogP contribution in [0.15, 0.2) is 37.1 Å². The second kappa shape index (κ2) is 7.53. The highest BCUT2D eigenvalue weighted by Crippen LogP contribution is 2.20. The van der Waals surface area contributed by atoms with Crippen LogP contribution in [0.5, 0.6) is 0 Å². The average Bonchev–Trinajstić information content (AvgIpc) is 3.29. The zero-order valence-corrected chi connectivity index (χ0v) is 15.1. The summed E-state index contributed by atoms with van der Waals surface area (Å²) in [5.74, 6) is 0. The van der Waals surface area contributed by atoms with Crippen molar-refractivity contribution >= 4 is 11.6 Å². The molecule has 4 rings (SSSR count). The maximum atomic E-state index is 6.15. The third kappa shape index (κ3) is 3.92. The Hall–Kier alpha value is -2.29. The van der Waals surface area contributed by atoms with Crippen molar-refractivity contribution in [3.63, 3.8) is 0 Å². The van der Waals surface area contributed by atoms with Crippen molar-refractivity contribution < 1.29 is 0 Å². The number of rotatable bonds is 5. The third-order valence-electron chi connectivity index (χ3n) is 4.56. The van der Waals surface area contributed by atoms with E-state index >= 15 is 0 Å². The summed E-state index contributed by atoms with van der Waals surface area (Å²) in [5.41, 5.74) is 8.93. The molecule has 1 atom stereocenters. The van der Waals surface area contributed by atoms with Crippen molar-refractivity contribution in [3.05, 3.63) is 53.3 Å². The monoisotopic (exact) mass is 372 g/mol. The molecule has 0 amide bonds. The Kier molecular flexibility index (Phi) is 4.96. The smallest absolute Gasteiger partial charge is 0.138 e. The van der Waals surface area contributed by atoms with Gasteiger partial charge in [-0.2, -0.15) is 5.10 Å². The van der Waals surface area contributed by atoms with Crippen LogP contribution < -0.4 is 5.73 Å². The second-order valence-electron chi connectivity index (χ2n) is 6.66. The van der Waals surface area contributed by atoms with E-state index in [1.165, 1.54) is 6.33 Å². The minimum Gasteiger partial charge on any atom is -0.327 e. The normalized spacial score (nSPS) is 18.3. The number of benzene rings is 1. The van der Waals surface area contributed by atoms with Crippen molar-refractivity contribution in [2.45, 2.75) is 32.0 Å². The number of hydrogen-bond acceptors (Lipinski definition) is 6. The Bertz CT molecular complexity index is 860. The fourth-order valence-corrected chi connectivity index (χ4v) is 3.51. The highest BCUT2D eigenvalue weighted by atomic mass is 35.5. The molecule has 26 heavy (non-hydrogen) atoms. The van der Waals surface area contributed by atoms with Crippen molar-refractivity contribution in [1.82, 2.24) is 34.7 Å². The first-order valence-electron chi connectivity index (χ1n) is 8.68.